The predicted octanol–water partition coefficient (Wildman–Crippen LogP) is 2.21. The molecule has 0 radical (unpaired) electrons. The molecule has 0 unspecified atom stereocenters. The summed E-state index contributed by atoms with van der Waals surface area (Å²) in [5.74, 6) is 0.907. The summed E-state index contributed by atoms with van der Waals surface area (Å²) in [6, 6.07) is 5.89. The molecule has 7 heteroatoms. The van der Waals surface area contributed by atoms with Gasteiger partial charge in [0, 0.05) is 6.07 Å². The summed E-state index contributed by atoms with van der Waals surface area (Å²) in [6.07, 6.45) is 1.96. The first-order chi connectivity index (χ1) is 6.84. The van der Waals surface area contributed by atoms with Gasteiger partial charge < -0.3 is 22.0 Å². The van der Waals surface area contributed by atoms with Gasteiger partial charge in [-0.05, 0) is 13.0 Å². The summed E-state index contributed by atoms with van der Waals surface area (Å²) in [5.41, 5.74) is 0. The van der Waals surface area contributed by atoms with Crippen molar-refractivity contribution in [1.29, 1.82) is 0 Å². The van der Waals surface area contributed by atoms with Crippen molar-refractivity contribution in [3.63, 3.8) is 0 Å². The number of rotatable bonds is 2. The molecule has 1 heterocycles. The van der Waals surface area contributed by atoms with E-state index in [1.165, 1.54) is 0 Å². The number of aromatic nitrogens is 1. The standard InChI is InChI=1S/C8H12NO.BF4/c1-3-10-8-6-4-5-7-9(8)2;2-1(3,4)5/h4-7H,3H2,1-2H3;/q+1;-1. The van der Waals surface area contributed by atoms with Crippen LogP contribution in [0.5, 0.6) is 5.88 Å². The lowest BCUT2D eigenvalue weighted by Crippen LogP contribution is -2.29. The number of halogens is 4. The molecule has 1 rings (SSSR count). The second kappa shape index (κ2) is 6.26. The van der Waals surface area contributed by atoms with Crippen LogP contribution in [0.4, 0.5) is 17.3 Å². The highest BCUT2D eigenvalue weighted by Gasteiger charge is 2.20. The Morgan fingerprint density at radius 2 is 1.80 bits per heavy atom. The van der Waals surface area contributed by atoms with E-state index in [2.05, 4.69) is 0 Å². The lowest BCUT2D eigenvalue weighted by molar-refractivity contribution is -0.677. The maximum atomic E-state index is 9.75. The summed E-state index contributed by atoms with van der Waals surface area (Å²) < 4.78 is 46.2. The van der Waals surface area contributed by atoms with Crippen LogP contribution in [-0.2, 0) is 7.05 Å². The summed E-state index contributed by atoms with van der Waals surface area (Å²) in [5, 5.41) is 0. The Morgan fingerprint density at radius 3 is 2.20 bits per heavy atom. The molecule has 0 spiro atoms. The topological polar surface area (TPSA) is 13.1 Å². The quantitative estimate of drug-likeness (QED) is 0.427. The Balaban J connectivity index is 0.000000336. The summed E-state index contributed by atoms with van der Waals surface area (Å²) in [4.78, 5) is 0. The van der Waals surface area contributed by atoms with Gasteiger partial charge in [0.2, 0.25) is 0 Å². The highest BCUT2D eigenvalue weighted by molar-refractivity contribution is 6.50. The van der Waals surface area contributed by atoms with Crippen LogP contribution in [0.25, 0.3) is 0 Å². The molecule has 0 N–H and O–H groups in total. The normalized spacial score (nSPS) is 10.3. The van der Waals surface area contributed by atoms with Crippen LogP contribution in [0.15, 0.2) is 24.4 Å². The largest absolute Gasteiger partial charge is 0.673 e. The van der Waals surface area contributed by atoms with Crippen molar-refractivity contribution in [2.45, 2.75) is 6.92 Å². The van der Waals surface area contributed by atoms with Crippen molar-refractivity contribution >= 4 is 7.25 Å². The first-order valence-corrected chi connectivity index (χ1v) is 4.29. The smallest absolute Gasteiger partial charge is 0.445 e. The van der Waals surface area contributed by atoms with Crippen LogP contribution >= 0.6 is 0 Å². The van der Waals surface area contributed by atoms with Crippen LogP contribution in [0, 0.1) is 0 Å². The van der Waals surface area contributed by atoms with E-state index in [1.54, 1.807) is 0 Å². The van der Waals surface area contributed by atoms with Crippen LogP contribution in [0.1, 0.15) is 6.92 Å². The zero-order valence-corrected chi connectivity index (χ0v) is 8.46. The second-order valence-corrected chi connectivity index (χ2v) is 2.58. The fourth-order valence-electron chi connectivity index (χ4n) is 0.806. The Hall–Kier alpha value is -1.27. The first kappa shape index (κ1) is 13.7. The Kier molecular flexibility index (Phi) is 5.73. The van der Waals surface area contributed by atoms with Crippen molar-refractivity contribution in [3.8, 4) is 5.88 Å². The molecule has 86 valence electrons. The molecule has 1 aromatic rings. The van der Waals surface area contributed by atoms with Gasteiger partial charge >= 0.3 is 13.1 Å². The van der Waals surface area contributed by atoms with E-state index in [1.807, 2.05) is 42.9 Å². The molecule has 1 aromatic heterocycles. The highest BCUT2D eigenvalue weighted by atomic mass is 19.5. The minimum absolute atomic E-state index is 0.720. The third-order valence-electron chi connectivity index (χ3n) is 1.30. The van der Waals surface area contributed by atoms with Gasteiger partial charge in [-0.3, -0.25) is 0 Å². The first-order valence-electron chi connectivity index (χ1n) is 4.29. The molecule has 0 saturated heterocycles. The van der Waals surface area contributed by atoms with Gasteiger partial charge in [0.1, 0.15) is 7.05 Å². The van der Waals surface area contributed by atoms with Crippen molar-refractivity contribution in [3.05, 3.63) is 24.4 Å². The zero-order valence-electron chi connectivity index (χ0n) is 8.46. The molecule has 0 saturated carbocycles. The van der Waals surface area contributed by atoms with E-state index in [4.69, 9.17) is 4.74 Å². The molecule has 0 aliphatic carbocycles. The van der Waals surface area contributed by atoms with Gasteiger partial charge in [-0.1, -0.05) is 0 Å². The number of pyridine rings is 1. The van der Waals surface area contributed by atoms with Gasteiger partial charge in [-0.15, -0.1) is 0 Å². The van der Waals surface area contributed by atoms with Gasteiger partial charge in [-0.25, -0.2) is 0 Å². The molecule has 0 aliphatic heterocycles. The predicted molar refractivity (Wildman–Crippen MR) is 49.0 cm³/mol. The highest BCUT2D eigenvalue weighted by Crippen LogP contribution is 2.06. The van der Waals surface area contributed by atoms with Crippen molar-refractivity contribution in [2.24, 2.45) is 7.05 Å². The Bertz CT molecular complexity index is 286. The lowest BCUT2D eigenvalue weighted by atomic mass is 10.3. The molecule has 0 aromatic carbocycles. The summed E-state index contributed by atoms with van der Waals surface area (Å²) in [7, 11) is -4.04. The average Bonchev–Trinajstić information content (AvgIpc) is 2.06. The van der Waals surface area contributed by atoms with Crippen LogP contribution in [-0.4, -0.2) is 13.9 Å². The van der Waals surface area contributed by atoms with E-state index in [9.17, 15) is 17.3 Å². The second-order valence-electron chi connectivity index (χ2n) is 2.58. The molecular formula is C8H12BF4NO. The molecule has 0 amide bonds. The molecular weight excluding hydrogens is 213 g/mol. The summed E-state index contributed by atoms with van der Waals surface area (Å²) >= 11 is 0. The van der Waals surface area contributed by atoms with Crippen molar-refractivity contribution in [2.75, 3.05) is 6.61 Å². The maximum absolute atomic E-state index is 9.75. The number of aryl methyl sites for hydroxylation is 1. The molecule has 0 aliphatic rings. The SMILES string of the molecule is CCOc1cccc[n+]1C.F[B-](F)(F)F. The van der Waals surface area contributed by atoms with Crippen LogP contribution in [0.3, 0.4) is 0 Å². The molecule has 2 nitrogen and oxygen atoms in total. The third-order valence-corrected chi connectivity index (χ3v) is 1.30. The fourth-order valence-corrected chi connectivity index (χ4v) is 0.806. The van der Waals surface area contributed by atoms with Crippen LogP contribution in [0.2, 0.25) is 0 Å². The fraction of sp³-hybridized carbons (Fsp3) is 0.375. The number of hydrogen-bond acceptors (Lipinski definition) is 1. The van der Waals surface area contributed by atoms with Crippen molar-refractivity contribution in [1.82, 2.24) is 0 Å². The van der Waals surface area contributed by atoms with Crippen LogP contribution < -0.4 is 9.30 Å². The third kappa shape index (κ3) is 9.05. The molecule has 15 heavy (non-hydrogen) atoms. The van der Waals surface area contributed by atoms with E-state index >= 15 is 0 Å². The minimum atomic E-state index is -6.00. The number of hydrogen-bond donors (Lipinski definition) is 0. The Labute approximate surface area is 85.6 Å². The van der Waals surface area contributed by atoms with Gasteiger partial charge in [0.25, 0.3) is 0 Å². The van der Waals surface area contributed by atoms with Crippen molar-refractivity contribution < 1.29 is 26.6 Å². The van der Waals surface area contributed by atoms with Gasteiger partial charge in [-0.2, -0.15) is 4.57 Å². The van der Waals surface area contributed by atoms with E-state index in [-0.39, 0.29) is 0 Å². The molecule has 0 fully saturated rings. The number of nitrogens with zero attached hydrogens (tertiary/aromatic N) is 1. The molecule has 0 bridgehead atoms. The minimum Gasteiger partial charge on any atom is -0.445 e. The Morgan fingerprint density at radius 1 is 1.27 bits per heavy atom. The van der Waals surface area contributed by atoms with Gasteiger partial charge in [0.15, 0.2) is 6.20 Å². The monoisotopic (exact) mass is 225 g/mol. The van der Waals surface area contributed by atoms with E-state index in [0.29, 0.717) is 0 Å². The van der Waals surface area contributed by atoms with E-state index in [0.717, 1.165) is 12.5 Å². The average molecular weight is 225 g/mol. The maximum Gasteiger partial charge on any atom is 0.673 e. The lowest BCUT2D eigenvalue weighted by Gasteiger charge is -1.97. The molecule has 0 atom stereocenters. The number of ether oxygens (including phenoxy) is 1. The zero-order chi connectivity index (χ0) is 11.9. The summed E-state index contributed by atoms with van der Waals surface area (Å²) in [6.45, 7) is 2.70. The van der Waals surface area contributed by atoms with E-state index < -0.39 is 7.25 Å². The van der Waals surface area contributed by atoms with Gasteiger partial charge in [0.05, 0.1) is 12.7 Å².